The standard InChI is InChI=1S/C50H33N3O/c1-4-14-34(15-5-1)37-18-12-21-41(32-37)53(39-19-8-3-9-20-39)40-29-26-35(27-30-40)38-28-31-42-47(33-38)54-46-25-13-22-43(48(42)46)50-49(36-16-6-2-7-17-36)51-44-23-10-11-24-45(44)52-50/h1-33H/i13D,22D,25D,28D,31D,33D. The van der Waals surface area contributed by atoms with E-state index in [0.717, 1.165) is 33.8 Å². The molecule has 254 valence electrons. The minimum atomic E-state index is -0.386. The maximum absolute atomic E-state index is 9.51. The number of hydrogen-bond donors (Lipinski definition) is 0. The van der Waals surface area contributed by atoms with Gasteiger partial charge >= 0.3 is 0 Å². The van der Waals surface area contributed by atoms with Crippen molar-refractivity contribution in [3.63, 3.8) is 0 Å². The molecule has 0 saturated heterocycles. The topological polar surface area (TPSA) is 42.2 Å². The average molecular weight is 698 g/mol. The Balaban J connectivity index is 1.15. The maximum atomic E-state index is 9.51. The number of benzene rings is 8. The molecule has 4 heteroatoms. The Kier molecular flexibility index (Phi) is 6.33. The highest BCUT2D eigenvalue weighted by atomic mass is 16.3. The van der Waals surface area contributed by atoms with E-state index in [2.05, 4.69) is 35.2 Å². The quantitative estimate of drug-likeness (QED) is 0.166. The van der Waals surface area contributed by atoms with Gasteiger partial charge in [0, 0.05) is 39.0 Å². The number of furan rings is 1. The molecule has 0 unspecified atom stereocenters. The molecular weight excluding hydrogens is 659 g/mol. The van der Waals surface area contributed by atoms with Crippen molar-refractivity contribution in [1.82, 2.24) is 9.97 Å². The summed E-state index contributed by atoms with van der Waals surface area (Å²) >= 11 is 0. The number of fused-ring (bicyclic) bond motifs is 4. The average Bonchev–Trinajstić information content (AvgIpc) is 3.70. The molecule has 0 bridgehead atoms. The van der Waals surface area contributed by atoms with E-state index in [9.17, 15) is 5.48 Å². The number of aromatic nitrogens is 2. The lowest BCUT2D eigenvalue weighted by Crippen LogP contribution is -2.09. The number of hydrogen-bond acceptors (Lipinski definition) is 4. The lowest BCUT2D eigenvalue weighted by Gasteiger charge is -2.26. The van der Waals surface area contributed by atoms with Crippen LogP contribution < -0.4 is 4.90 Å². The normalized spacial score (nSPS) is 12.9. The molecular formula is C50H33N3O. The van der Waals surface area contributed by atoms with Gasteiger partial charge in [-0.15, -0.1) is 0 Å². The highest BCUT2D eigenvalue weighted by Crippen LogP contribution is 2.42. The molecule has 0 atom stereocenters. The number of para-hydroxylation sites is 3. The monoisotopic (exact) mass is 697 g/mol. The van der Waals surface area contributed by atoms with Gasteiger partial charge in [-0.05, 0) is 88.9 Å². The minimum Gasteiger partial charge on any atom is -0.456 e. The molecule has 4 nitrogen and oxygen atoms in total. The zero-order valence-corrected chi connectivity index (χ0v) is 28.8. The Morgan fingerprint density at radius 3 is 1.78 bits per heavy atom. The molecule has 0 amide bonds. The predicted molar refractivity (Wildman–Crippen MR) is 223 cm³/mol. The molecule has 0 saturated carbocycles. The first kappa shape index (κ1) is 25.6. The van der Waals surface area contributed by atoms with Crippen LogP contribution in [0.3, 0.4) is 0 Å². The minimum absolute atomic E-state index is 0.0107. The molecule has 2 heterocycles. The molecule has 0 N–H and O–H groups in total. The van der Waals surface area contributed by atoms with E-state index in [-0.39, 0.29) is 75.0 Å². The van der Waals surface area contributed by atoms with Crippen LogP contribution in [0, 0.1) is 0 Å². The second-order valence-corrected chi connectivity index (χ2v) is 12.9. The number of nitrogens with zero attached hydrogens (tertiary/aromatic N) is 3. The van der Waals surface area contributed by atoms with Crippen molar-refractivity contribution < 1.29 is 12.6 Å². The molecule has 0 radical (unpaired) electrons. The first-order chi connectivity index (χ1) is 29.3. The molecule has 0 aliphatic rings. The highest BCUT2D eigenvalue weighted by Gasteiger charge is 2.20. The summed E-state index contributed by atoms with van der Waals surface area (Å²) in [5.74, 6) is 0. The van der Waals surface area contributed by atoms with Crippen LogP contribution in [0.4, 0.5) is 17.1 Å². The van der Waals surface area contributed by atoms with E-state index < -0.39 is 0 Å². The van der Waals surface area contributed by atoms with Crippen molar-refractivity contribution in [3.8, 4) is 44.8 Å². The van der Waals surface area contributed by atoms with Crippen LogP contribution in [-0.2, 0) is 0 Å². The Morgan fingerprint density at radius 1 is 0.444 bits per heavy atom. The molecule has 54 heavy (non-hydrogen) atoms. The van der Waals surface area contributed by atoms with E-state index in [4.69, 9.17) is 17.1 Å². The highest BCUT2D eigenvalue weighted by molar-refractivity contribution is 6.14. The third-order valence-corrected chi connectivity index (χ3v) is 9.57. The van der Waals surface area contributed by atoms with Crippen LogP contribution in [0.1, 0.15) is 8.22 Å². The summed E-state index contributed by atoms with van der Waals surface area (Å²) in [6.07, 6.45) is 0. The van der Waals surface area contributed by atoms with Gasteiger partial charge in [0.05, 0.1) is 30.6 Å². The van der Waals surface area contributed by atoms with E-state index in [1.807, 2.05) is 133 Å². The second-order valence-electron chi connectivity index (χ2n) is 12.9. The van der Waals surface area contributed by atoms with Gasteiger partial charge in [-0.25, -0.2) is 9.97 Å². The lowest BCUT2D eigenvalue weighted by atomic mass is 9.97. The SMILES string of the molecule is [2H]c1c([2H])c(-c2nc3ccccc3nc2-c2ccccc2)c2c(oc3c([2H])c(-c4ccc(N(c5ccccc5)c5cccc(-c6ccccc6)c5)cc4)c([2H])c([2H])c32)c1[2H]. The van der Waals surface area contributed by atoms with E-state index >= 15 is 0 Å². The van der Waals surface area contributed by atoms with Gasteiger partial charge in [0.15, 0.2) is 0 Å². The van der Waals surface area contributed by atoms with Crippen LogP contribution in [-0.4, -0.2) is 9.97 Å². The fourth-order valence-electron chi connectivity index (χ4n) is 7.00. The van der Waals surface area contributed by atoms with Crippen molar-refractivity contribution in [3.05, 3.63) is 200 Å². The first-order valence-electron chi connectivity index (χ1n) is 20.7. The van der Waals surface area contributed by atoms with E-state index in [1.54, 1.807) is 0 Å². The summed E-state index contributed by atoms with van der Waals surface area (Å²) in [5, 5.41) is 0.294. The summed E-state index contributed by atoms with van der Waals surface area (Å²) < 4.78 is 61.7. The van der Waals surface area contributed by atoms with Crippen molar-refractivity contribution in [2.24, 2.45) is 0 Å². The number of rotatable bonds is 7. The zero-order valence-electron chi connectivity index (χ0n) is 34.8. The van der Waals surface area contributed by atoms with Crippen LogP contribution in [0.15, 0.2) is 204 Å². The van der Waals surface area contributed by atoms with Gasteiger partial charge in [-0.2, -0.15) is 0 Å². The predicted octanol–water partition coefficient (Wildman–Crippen LogP) is 13.7. The summed E-state index contributed by atoms with van der Waals surface area (Å²) in [5.41, 5.74) is 8.39. The smallest absolute Gasteiger partial charge is 0.136 e. The Labute approximate surface area is 321 Å². The zero-order chi connectivity index (χ0) is 41.1. The van der Waals surface area contributed by atoms with E-state index in [1.165, 1.54) is 0 Å². The summed E-state index contributed by atoms with van der Waals surface area (Å²) in [6, 6.07) is 51.3. The van der Waals surface area contributed by atoms with Gasteiger partial charge < -0.3 is 9.32 Å². The third kappa shape index (κ3) is 5.67. The Bertz CT molecular complexity index is 3270. The van der Waals surface area contributed by atoms with Gasteiger partial charge in [-0.1, -0.05) is 133 Å². The Hall–Kier alpha value is -7.30. The van der Waals surface area contributed by atoms with Crippen LogP contribution in [0.2, 0.25) is 0 Å². The van der Waals surface area contributed by atoms with Crippen molar-refractivity contribution in [2.45, 2.75) is 0 Å². The lowest BCUT2D eigenvalue weighted by molar-refractivity contribution is 0.669. The maximum Gasteiger partial charge on any atom is 0.136 e. The van der Waals surface area contributed by atoms with Crippen molar-refractivity contribution >= 4 is 50.0 Å². The summed E-state index contributed by atoms with van der Waals surface area (Å²) in [6.45, 7) is 0. The summed E-state index contributed by atoms with van der Waals surface area (Å²) in [4.78, 5) is 12.1. The number of anilines is 3. The van der Waals surface area contributed by atoms with Gasteiger partial charge in [0.1, 0.15) is 11.2 Å². The van der Waals surface area contributed by atoms with Crippen molar-refractivity contribution in [2.75, 3.05) is 4.90 Å². The second kappa shape index (κ2) is 13.4. The summed E-state index contributed by atoms with van der Waals surface area (Å²) in [7, 11) is 0. The molecule has 10 aromatic rings. The fourth-order valence-corrected chi connectivity index (χ4v) is 7.00. The molecule has 0 aliphatic carbocycles. The largest absolute Gasteiger partial charge is 0.456 e. The van der Waals surface area contributed by atoms with Gasteiger partial charge in [-0.3, -0.25) is 0 Å². The van der Waals surface area contributed by atoms with E-state index in [0.29, 0.717) is 22.3 Å². The van der Waals surface area contributed by atoms with Gasteiger partial charge in [0.25, 0.3) is 0 Å². The molecule has 2 aromatic heterocycles. The molecule has 8 aromatic carbocycles. The van der Waals surface area contributed by atoms with Crippen molar-refractivity contribution in [1.29, 1.82) is 0 Å². The van der Waals surface area contributed by atoms with Crippen LogP contribution in [0.5, 0.6) is 0 Å². The molecule has 0 aliphatic heterocycles. The fraction of sp³-hybridized carbons (Fsp3) is 0. The van der Waals surface area contributed by atoms with Crippen LogP contribution >= 0.6 is 0 Å². The molecule has 0 spiro atoms. The Morgan fingerprint density at radius 2 is 1.04 bits per heavy atom. The molecule has 10 rings (SSSR count). The first-order valence-corrected chi connectivity index (χ1v) is 17.7. The third-order valence-electron chi connectivity index (χ3n) is 9.57. The molecule has 0 fully saturated rings. The van der Waals surface area contributed by atoms with Crippen LogP contribution in [0.25, 0.3) is 77.7 Å². The van der Waals surface area contributed by atoms with Gasteiger partial charge in [0.2, 0.25) is 0 Å².